The first-order chi connectivity index (χ1) is 14.5. The van der Waals surface area contributed by atoms with Crippen LogP contribution in [0.2, 0.25) is 0 Å². The van der Waals surface area contributed by atoms with Crippen LogP contribution < -0.4 is 11.1 Å². The lowest BCUT2D eigenvalue weighted by atomic mass is 9.83. The average Bonchev–Trinajstić information content (AvgIpc) is 3.00. The minimum atomic E-state index is -1.19. The van der Waals surface area contributed by atoms with Crippen LogP contribution in [0.25, 0.3) is 0 Å². The van der Waals surface area contributed by atoms with Gasteiger partial charge in [-0.3, -0.25) is 14.5 Å². The fourth-order valence-corrected chi connectivity index (χ4v) is 3.82. The molecule has 150 valence electrons. The lowest BCUT2D eigenvalue weighted by Crippen LogP contribution is -2.46. The highest BCUT2D eigenvalue weighted by Crippen LogP contribution is 2.33. The SMILES string of the molecule is NC(=O)c1cccc(CN2C(=O)N[C@](Cc3ccccc3)(c3ccccc3)C2=O)c1. The summed E-state index contributed by atoms with van der Waals surface area (Å²) in [6.45, 7) is 0.0508. The lowest BCUT2D eigenvalue weighted by molar-refractivity contribution is -0.132. The van der Waals surface area contributed by atoms with E-state index in [1.54, 1.807) is 24.3 Å². The summed E-state index contributed by atoms with van der Waals surface area (Å²) in [5.41, 5.74) is 6.80. The number of hydrogen-bond donors (Lipinski definition) is 2. The molecule has 1 fully saturated rings. The van der Waals surface area contributed by atoms with Crippen LogP contribution in [0.3, 0.4) is 0 Å². The molecule has 0 saturated carbocycles. The van der Waals surface area contributed by atoms with E-state index < -0.39 is 17.5 Å². The summed E-state index contributed by atoms with van der Waals surface area (Å²) in [6.07, 6.45) is 0.334. The molecule has 3 aromatic rings. The first-order valence-corrected chi connectivity index (χ1v) is 9.62. The molecule has 4 amide bonds. The molecule has 3 N–H and O–H groups in total. The topological polar surface area (TPSA) is 92.5 Å². The van der Waals surface area contributed by atoms with E-state index in [-0.39, 0.29) is 12.5 Å². The van der Waals surface area contributed by atoms with Gasteiger partial charge in [-0.15, -0.1) is 0 Å². The van der Waals surface area contributed by atoms with Crippen LogP contribution >= 0.6 is 0 Å². The zero-order chi connectivity index (χ0) is 21.1. The fraction of sp³-hybridized carbons (Fsp3) is 0.125. The van der Waals surface area contributed by atoms with Crippen molar-refractivity contribution in [3.63, 3.8) is 0 Å². The molecule has 0 bridgehead atoms. The van der Waals surface area contributed by atoms with Crippen LogP contribution in [0.5, 0.6) is 0 Å². The minimum Gasteiger partial charge on any atom is -0.366 e. The fourth-order valence-electron chi connectivity index (χ4n) is 3.82. The number of urea groups is 1. The second-order valence-electron chi connectivity index (χ2n) is 7.32. The highest BCUT2D eigenvalue weighted by Gasteiger charge is 2.52. The first-order valence-electron chi connectivity index (χ1n) is 9.62. The van der Waals surface area contributed by atoms with Gasteiger partial charge >= 0.3 is 6.03 Å². The van der Waals surface area contributed by atoms with Gasteiger partial charge in [0.15, 0.2) is 5.54 Å². The maximum Gasteiger partial charge on any atom is 0.325 e. The van der Waals surface area contributed by atoms with Crippen molar-refractivity contribution in [3.05, 3.63) is 107 Å². The number of hydrogen-bond acceptors (Lipinski definition) is 3. The molecule has 0 spiro atoms. The Bertz CT molecular complexity index is 1100. The Morgan fingerprint density at radius 2 is 1.50 bits per heavy atom. The minimum absolute atomic E-state index is 0.0508. The van der Waals surface area contributed by atoms with Crippen LogP contribution in [0.1, 0.15) is 27.0 Å². The second-order valence-corrected chi connectivity index (χ2v) is 7.32. The molecule has 0 aromatic heterocycles. The van der Waals surface area contributed by atoms with Crippen molar-refractivity contribution in [3.8, 4) is 0 Å². The van der Waals surface area contributed by atoms with Crippen LogP contribution in [-0.4, -0.2) is 22.7 Å². The van der Waals surface area contributed by atoms with Gasteiger partial charge in [0.25, 0.3) is 5.91 Å². The van der Waals surface area contributed by atoms with Crippen molar-refractivity contribution in [2.45, 2.75) is 18.5 Å². The van der Waals surface area contributed by atoms with Crippen LogP contribution in [0.4, 0.5) is 4.79 Å². The van der Waals surface area contributed by atoms with Gasteiger partial charge in [0.2, 0.25) is 5.91 Å². The number of nitrogens with one attached hydrogen (secondary N) is 1. The average molecular weight is 399 g/mol. The molecule has 4 rings (SSSR count). The molecule has 1 heterocycles. The smallest absolute Gasteiger partial charge is 0.325 e. The number of rotatable bonds is 6. The first kappa shape index (κ1) is 19.4. The van der Waals surface area contributed by atoms with Gasteiger partial charge in [0.1, 0.15) is 0 Å². The maximum atomic E-state index is 13.6. The Hall–Kier alpha value is -3.93. The number of imide groups is 1. The van der Waals surface area contributed by atoms with Crippen LogP contribution in [0, 0.1) is 0 Å². The van der Waals surface area contributed by atoms with Gasteiger partial charge in [0, 0.05) is 12.0 Å². The summed E-state index contributed by atoms with van der Waals surface area (Å²) in [6, 6.07) is 25.0. The molecule has 1 aliphatic rings. The zero-order valence-electron chi connectivity index (χ0n) is 16.2. The largest absolute Gasteiger partial charge is 0.366 e. The number of primary amides is 1. The molecular formula is C24H21N3O3. The molecule has 6 nitrogen and oxygen atoms in total. The van der Waals surface area contributed by atoms with Gasteiger partial charge in [-0.2, -0.15) is 0 Å². The van der Waals surface area contributed by atoms with E-state index in [0.29, 0.717) is 17.5 Å². The predicted molar refractivity (Wildman–Crippen MR) is 112 cm³/mol. The molecule has 1 aliphatic heterocycles. The quantitative estimate of drug-likeness (QED) is 0.624. The van der Waals surface area contributed by atoms with E-state index in [0.717, 1.165) is 11.1 Å². The van der Waals surface area contributed by atoms with Crippen molar-refractivity contribution < 1.29 is 14.4 Å². The Balaban J connectivity index is 1.70. The third kappa shape index (κ3) is 3.55. The predicted octanol–water partition coefficient (Wildman–Crippen LogP) is 2.98. The zero-order valence-corrected chi connectivity index (χ0v) is 16.2. The van der Waals surface area contributed by atoms with Crippen molar-refractivity contribution in [1.29, 1.82) is 0 Å². The Morgan fingerprint density at radius 3 is 2.17 bits per heavy atom. The van der Waals surface area contributed by atoms with Crippen LogP contribution in [0.15, 0.2) is 84.9 Å². The maximum absolute atomic E-state index is 13.6. The standard InChI is InChI=1S/C24H21N3O3/c25-21(28)19-11-7-10-18(14-19)16-27-22(29)24(26-23(27)30,20-12-5-2-6-13-20)15-17-8-3-1-4-9-17/h1-14H,15-16H2,(H2,25,28)(H,26,30)/t24-/m1/s1. The van der Waals surface area contributed by atoms with Crippen molar-refractivity contribution in [1.82, 2.24) is 10.2 Å². The van der Waals surface area contributed by atoms with E-state index >= 15 is 0 Å². The third-order valence-electron chi connectivity index (χ3n) is 5.31. The van der Waals surface area contributed by atoms with Crippen molar-refractivity contribution in [2.75, 3.05) is 0 Å². The molecule has 30 heavy (non-hydrogen) atoms. The van der Waals surface area contributed by atoms with E-state index in [1.807, 2.05) is 60.7 Å². The van der Waals surface area contributed by atoms with Crippen LogP contribution in [-0.2, 0) is 23.3 Å². The van der Waals surface area contributed by atoms with Gasteiger partial charge in [0.05, 0.1) is 6.54 Å². The molecule has 0 aliphatic carbocycles. The number of nitrogens with two attached hydrogens (primary N) is 1. The number of carbonyl (C=O) groups is 3. The molecule has 1 saturated heterocycles. The van der Waals surface area contributed by atoms with E-state index in [4.69, 9.17) is 5.73 Å². The molecular weight excluding hydrogens is 378 g/mol. The highest BCUT2D eigenvalue weighted by molar-refractivity contribution is 6.07. The summed E-state index contributed by atoms with van der Waals surface area (Å²) < 4.78 is 0. The molecule has 3 aromatic carbocycles. The van der Waals surface area contributed by atoms with Gasteiger partial charge in [-0.05, 0) is 28.8 Å². The third-order valence-corrected chi connectivity index (χ3v) is 5.31. The van der Waals surface area contributed by atoms with Crippen molar-refractivity contribution >= 4 is 17.8 Å². The summed E-state index contributed by atoms with van der Waals surface area (Å²) in [4.78, 5) is 39.2. The summed E-state index contributed by atoms with van der Waals surface area (Å²) in [7, 11) is 0. The Kier molecular flexibility index (Phi) is 5.06. The molecule has 6 heteroatoms. The lowest BCUT2D eigenvalue weighted by Gasteiger charge is -2.27. The number of amides is 4. The normalized spacial score (nSPS) is 18.3. The molecule has 1 atom stereocenters. The number of nitrogens with zero attached hydrogens (tertiary/aromatic N) is 1. The van der Waals surface area contributed by atoms with E-state index in [2.05, 4.69) is 5.32 Å². The Labute approximate surface area is 174 Å². The molecule has 0 unspecified atom stereocenters. The second kappa shape index (κ2) is 7.83. The summed E-state index contributed by atoms with van der Waals surface area (Å²) in [5, 5.41) is 2.94. The monoisotopic (exact) mass is 399 g/mol. The Morgan fingerprint density at radius 1 is 0.867 bits per heavy atom. The molecule has 0 radical (unpaired) electrons. The number of carbonyl (C=O) groups excluding carboxylic acids is 3. The summed E-state index contributed by atoms with van der Waals surface area (Å²) >= 11 is 0. The van der Waals surface area contributed by atoms with Crippen molar-refractivity contribution in [2.24, 2.45) is 5.73 Å². The van der Waals surface area contributed by atoms with Gasteiger partial charge < -0.3 is 11.1 Å². The van der Waals surface area contributed by atoms with E-state index in [9.17, 15) is 14.4 Å². The van der Waals surface area contributed by atoms with Gasteiger partial charge in [-0.1, -0.05) is 72.8 Å². The van der Waals surface area contributed by atoms with E-state index in [1.165, 1.54) is 4.90 Å². The summed E-state index contributed by atoms with van der Waals surface area (Å²) in [5.74, 6) is -0.885. The highest BCUT2D eigenvalue weighted by atomic mass is 16.2. The van der Waals surface area contributed by atoms with Gasteiger partial charge in [-0.25, -0.2) is 4.79 Å². The number of benzene rings is 3.